The van der Waals surface area contributed by atoms with E-state index < -0.39 is 0 Å². The molecule has 1 aliphatic carbocycles. The summed E-state index contributed by atoms with van der Waals surface area (Å²) < 4.78 is 13.6. The highest BCUT2D eigenvalue weighted by Crippen LogP contribution is 2.37. The second-order valence-corrected chi connectivity index (χ2v) is 9.22. The molecule has 2 aliphatic rings. The first-order chi connectivity index (χ1) is 14.9. The molecule has 3 atom stereocenters. The minimum atomic E-state index is -0.313. The van der Waals surface area contributed by atoms with Crippen molar-refractivity contribution < 1.29 is 9.50 Å². The predicted molar refractivity (Wildman–Crippen MR) is 119 cm³/mol. The van der Waals surface area contributed by atoms with Gasteiger partial charge in [-0.2, -0.15) is 10.2 Å². The minimum Gasteiger partial charge on any atom is -0.393 e. The SMILES string of the molecule is CC1(C)C[C@H](Nc2nc(NCCC3CNc4ccc(F)cc43)ncc2C#N)CC[C@@H]1O. The molecule has 31 heavy (non-hydrogen) atoms. The Hall–Kier alpha value is -2.92. The van der Waals surface area contributed by atoms with Gasteiger partial charge in [0.2, 0.25) is 5.95 Å². The number of aliphatic hydroxyl groups is 1. The van der Waals surface area contributed by atoms with Gasteiger partial charge < -0.3 is 21.1 Å². The number of nitrogens with zero attached hydrogens (tertiary/aromatic N) is 3. The summed E-state index contributed by atoms with van der Waals surface area (Å²) in [5, 5.41) is 29.6. The standard InChI is InChI=1S/C23H29FN6O/c1-23(2)10-17(4-6-20(23)31)29-21-15(11-25)13-28-22(30-21)26-8-7-14-12-27-19-5-3-16(24)9-18(14)19/h3,5,9,13-14,17,20,27,31H,4,6-8,10,12H2,1-2H3,(H2,26,28,29,30)/t14?,17-,20+/m1/s1. The van der Waals surface area contributed by atoms with E-state index in [1.54, 1.807) is 12.1 Å². The summed E-state index contributed by atoms with van der Waals surface area (Å²) >= 11 is 0. The van der Waals surface area contributed by atoms with Crippen LogP contribution in [-0.4, -0.2) is 40.3 Å². The molecule has 0 radical (unpaired) electrons. The number of aromatic nitrogens is 2. The van der Waals surface area contributed by atoms with Gasteiger partial charge in [-0.3, -0.25) is 0 Å². The number of hydrogen-bond acceptors (Lipinski definition) is 7. The largest absolute Gasteiger partial charge is 0.393 e. The van der Waals surface area contributed by atoms with Crippen LogP contribution >= 0.6 is 0 Å². The predicted octanol–water partition coefficient (Wildman–Crippen LogP) is 3.85. The molecule has 164 valence electrons. The second kappa shape index (κ2) is 8.67. The van der Waals surface area contributed by atoms with Gasteiger partial charge >= 0.3 is 0 Å². The first-order valence-electron chi connectivity index (χ1n) is 10.8. The Morgan fingerprint density at radius 1 is 1.35 bits per heavy atom. The average Bonchev–Trinajstić information content (AvgIpc) is 3.13. The zero-order chi connectivity index (χ0) is 22.0. The van der Waals surface area contributed by atoms with Crippen molar-refractivity contribution in [3.63, 3.8) is 0 Å². The van der Waals surface area contributed by atoms with E-state index in [1.807, 2.05) is 0 Å². The van der Waals surface area contributed by atoms with E-state index in [0.717, 1.165) is 43.5 Å². The third-order valence-corrected chi connectivity index (χ3v) is 6.48. The fourth-order valence-electron chi connectivity index (χ4n) is 4.59. The van der Waals surface area contributed by atoms with Crippen molar-refractivity contribution >= 4 is 17.5 Å². The molecule has 0 bridgehead atoms. The van der Waals surface area contributed by atoms with E-state index in [0.29, 0.717) is 23.9 Å². The number of nitrogens with one attached hydrogen (secondary N) is 3. The zero-order valence-corrected chi connectivity index (χ0v) is 18.0. The highest BCUT2D eigenvalue weighted by Gasteiger charge is 2.36. The number of halogens is 1. The van der Waals surface area contributed by atoms with Crippen LogP contribution in [0, 0.1) is 22.6 Å². The van der Waals surface area contributed by atoms with Crippen LogP contribution < -0.4 is 16.0 Å². The maximum atomic E-state index is 13.6. The highest BCUT2D eigenvalue weighted by molar-refractivity contribution is 5.58. The van der Waals surface area contributed by atoms with Crippen LogP contribution in [0.5, 0.6) is 0 Å². The molecule has 1 aliphatic heterocycles. The maximum absolute atomic E-state index is 13.6. The van der Waals surface area contributed by atoms with Gasteiger partial charge in [-0.25, -0.2) is 9.37 Å². The topological polar surface area (TPSA) is 106 Å². The molecule has 2 heterocycles. The summed E-state index contributed by atoms with van der Waals surface area (Å²) in [6, 6.07) is 7.15. The summed E-state index contributed by atoms with van der Waals surface area (Å²) in [4.78, 5) is 8.80. The molecular weight excluding hydrogens is 395 g/mol. The lowest BCUT2D eigenvalue weighted by Gasteiger charge is -2.40. The Morgan fingerprint density at radius 2 is 2.19 bits per heavy atom. The second-order valence-electron chi connectivity index (χ2n) is 9.22. The van der Waals surface area contributed by atoms with Gasteiger partial charge in [0.15, 0.2) is 0 Å². The van der Waals surface area contributed by atoms with Crippen LogP contribution in [0.4, 0.5) is 21.8 Å². The Balaban J connectivity index is 1.38. The molecule has 0 amide bonds. The molecule has 1 aromatic carbocycles. The lowest BCUT2D eigenvalue weighted by atomic mass is 9.73. The summed E-state index contributed by atoms with van der Waals surface area (Å²) in [6.45, 7) is 5.54. The Bertz CT molecular complexity index is 989. The summed E-state index contributed by atoms with van der Waals surface area (Å²) in [5.74, 6) is 0.990. The zero-order valence-electron chi connectivity index (χ0n) is 18.0. The Labute approximate surface area is 182 Å². The van der Waals surface area contributed by atoms with E-state index >= 15 is 0 Å². The maximum Gasteiger partial charge on any atom is 0.224 e. The molecule has 1 fully saturated rings. The van der Waals surface area contributed by atoms with Crippen LogP contribution in [0.3, 0.4) is 0 Å². The molecule has 4 N–H and O–H groups in total. The van der Waals surface area contributed by atoms with E-state index in [1.165, 1.54) is 12.3 Å². The fourth-order valence-corrected chi connectivity index (χ4v) is 4.59. The lowest BCUT2D eigenvalue weighted by Crippen LogP contribution is -2.41. The number of anilines is 3. The van der Waals surface area contributed by atoms with Gasteiger partial charge in [0.1, 0.15) is 23.3 Å². The molecular formula is C23H29FN6O. The van der Waals surface area contributed by atoms with Gasteiger partial charge in [-0.1, -0.05) is 13.8 Å². The molecule has 1 unspecified atom stereocenters. The van der Waals surface area contributed by atoms with Crippen LogP contribution in [0.2, 0.25) is 0 Å². The Morgan fingerprint density at radius 3 is 2.97 bits per heavy atom. The third-order valence-electron chi connectivity index (χ3n) is 6.48. The van der Waals surface area contributed by atoms with Gasteiger partial charge in [0.25, 0.3) is 0 Å². The number of aliphatic hydroxyl groups excluding tert-OH is 1. The average molecular weight is 425 g/mol. The van der Waals surface area contributed by atoms with Gasteiger partial charge in [-0.05, 0) is 54.9 Å². The molecule has 8 heteroatoms. The van der Waals surface area contributed by atoms with Crippen molar-refractivity contribution in [2.24, 2.45) is 5.41 Å². The van der Waals surface area contributed by atoms with Gasteiger partial charge in [-0.15, -0.1) is 0 Å². The van der Waals surface area contributed by atoms with Crippen molar-refractivity contribution in [1.82, 2.24) is 9.97 Å². The minimum absolute atomic E-state index is 0.143. The number of hydrogen-bond donors (Lipinski definition) is 4. The smallest absolute Gasteiger partial charge is 0.224 e. The quantitative estimate of drug-likeness (QED) is 0.558. The molecule has 7 nitrogen and oxygen atoms in total. The van der Waals surface area contributed by atoms with Crippen LogP contribution in [-0.2, 0) is 0 Å². The first kappa shape index (κ1) is 21.3. The molecule has 0 saturated heterocycles. The third kappa shape index (κ3) is 4.72. The van der Waals surface area contributed by atoms with Gasteiger partial charge in [0.05, 0.1) is 12.3 Å². The van der Waals surface area contributed by atoms with Crippen molar-refractivity contribution in [2.75, 3.05) is 29.0 Å². The molecule has 4 rings (SSSR count). The number of rotatable bonds is 6. The van der Waals surface area contributed by atoms with Crippen molar-refractivity contribution in [3.05, 3.63) is 41.3 Å². The lowest BCUT2D eigenvalue weighted by molar-refractivity contribution is 0.00926. The van der Waals surface area contributed by atoms with E-state index in [2.05, 4.69) is 45.8 Å². The Kier molecular flexibility index (Phi) is 5.96. The molecule has 0 spiro atoms. The molecule has 2 aromatic rings. The number of benzene rings is 1. The van der Waals surface area contributed by atoms with E-state index in [-0.39, 0.29) is 29.3 Å². The van der Waals surface area contributed by atoms with Crippen molar-refractivity contribution in [1.29, 1.82) is 5.26 Å². The van der Waals surface area contributed by atoms with E-state index in [4.69, 9.17) is 0 Å². The molecule has 1 aromatic heterocycles. The van der Waals surface area contributed by atoms with Crippen LogP contribution in [0.1, 0.15) is 56.6 Å². The first-order valence-corrected chi connectivity index (χ1v) is 10.8. The number of nitriles is 1. The monoisotopic (exact) mass is 424 g/mol. The van der Waals surface area contributed by atoms with Gasteiger partial charge in [0, 0.05) is 30.7 Å². The van der Waals surface area contributed by atoms with Crippen LogP contribution in [0.15, 0.2) is 24.4 Å². The van der Waals surface area contributed by atoms with E-state index in [9.17, 15) is 14.8 Å². The van der Waals surface area contributed by atoms with Crippen LogP contribution in [0.25, 0.3) is 0 Å². The van der Waals surface area contributed by atoms with Crippen molar-refractivity contribution in [3.8, 4) is 6.07 Å². The fraction of sp³-hybridized carbons (Fsp3) is 0.522. The number of fused-ring (bicyclic) bond motifs is 1. The summed E-state index contributed by atoms with van der Waals surface area (Å²) in [5.41, 5.74) is 2.22. The molecule has 1 saturated carbocycles. The normalized spacial score (nSPS) is 24.0. The summed E-state index contributed by atoms with van der Waals surface area (Å²) in [6.07, 6.45) is 4.38. The van der Waals surface area contributed by atoms with Crippen molar-refractivity contribution in [2.45, 2.75) is 57.6 Å². The highest BCUT2D eigenvalue weighted by atomic mass is 19.1. The summed E-state index contributed by atoms with van der Waals surface area (Å²) in [7, 11) is 0.